The molecule has 1 fully saturated rings. The lowest BCUT2D eigenvalue weighted by Crippen LogP contribution is -2.42. The number of non-ortho nitro benzene ring substituents is 1. The van der Waals surface area contributed by atoms with Crippen LogP contribution in [0.2, 0.25) is 0 Å². The van der Waals surface area contributed by atoms with Crippen LogP contribution in [-0.2, 0) is 15.1 Å². The van der Waals surface area contributed by atoms with Gasteiger partial charge in [-0.1, -0.05) is 24.3 Å². The van der Waals surface area contributed by atoms with Crippen LogP contribution < -0.4 is 10.6 Å². The first-order chi connectivity index (χ1) is 13.6. The minimum Gasteiger partial charge on any atom is -0.324 e. The highest BCUT2D eigenvalue weighted by Crippen LogP contribution is 2.30. The van der Waals surface area contributed by atoms with E-state index in [4.69, 9.17) is 0 Å². The quantitative estimate of drug-likeness (QED) is 0.457. The van der Waals surface area contributed by atoms with E-state index < -0.39 is 34.9 Å². The molecule has 150 valence electrons. The largest absolute Gasteiger partial charge is 0.325 e. The van der Waals surface area contributed by atoms with E-state index in [1.54, 1.807) is 12.1 Å². The van der Waals surface area contributed by atoms with E-state index >= 15 is 0 Å². The van der Waals surface area contributed by atoms with Crippen LogP contribution >= 0.6 is 0 Å². The van der Waals surface area contributed by atoms with Crippen molar-refractivity contribution in [3.8, 4) is 0 Å². The summed E-state index contributed by atoms with van der Waals surface area (Å²) >= 11 is 0. The van der Waals surface area contributed by atoms with E-state index in [9.17, 15) is 24.5 Å². The van der Waals surface area contributed by atoms with Crippen LogP contribution in [-0.4, -0.2) is 34.2 Å². The Labute approximate surface area is 166 Å². The molecule has 2 aromatic rings. The average Bonchev–Trinajstić information content (AvgIpc) is 2.89. The number of nitrogens with zero attached hydrogens (tertiary/aromatic N) is 2. The molecule has 3 rings (SSSR count). The lowest BCUT2D eigenvalue weighted by atomic mass is 9.91. The molecule has 2 N–H and O–H groups in total. The van der Waals surface area contributed by atoms with Crippen LogP contribution in [0, 0.1) is 24.0 Å². The SMILES string of the molecule is Cc1cccc(NC(=O)CN2C(=O)NC(C)(c3cccc([N+](=O)[O-])c3)C2=O)c1C. The first-order valence-corrected chi connectivity index (χ1v) is 8.88. The molecule has 1 atom stereocenters. The number of imide groups is 1. The Hall–Kier alpha value is -3.75. The maximum Gasteiger partial charge on any atom is 0.325 e. The number of urea groups is 1. The monoisotopic (exact) mass is 396 g/mol. The minimum absolute atomic E-state index is 0.197. The molecule has 2 aromatic carbocycles. The molecule has 1 unspecified atom stereocenters. The molecule has 0 aromatic heterocycles. The van der Waals surface area contributed by atoms with Crippen molar-refractivity contribution in [3.63, 3.8) is 0 Å². The second kappa shape index (κ2) is 7.34. The smallest absolute Gasteiger partial charge is 0.324 e. The van der Waals surface area contributed by atoms with Crippen molar-refractivity contribution in [2.75, 3.05) is 11.9 Å². The van der Waals surface area contributed by atoms with Gasteiger partial charge in [0.1, 0.15) is 12.1 Å². The molecule has 29 heavy (non-hydrogen) atoms. The molecule has 9 heteroatoms. The van der Waals surface area contributed by atoms with Gasteiger partial charge in [-0.2, -0.15) is 0 Å². The molecule has 1 heterocycles. The van der Waals surface area contributed by atoms with Gasteiger partial charge in [0.2, 0.25) is 5.91 Å². The van der Waals surface area contributed by atoms with Crippen molar-refractivity contribution in [3.05, 3.63) is 69.3 Å². The number of hydrogen-bond acceptors (Lipinski definition) is 5. The summed E-state index contributed by atoms with van der Waals surface area (Å²) in [6.45, 7) is 4.75. The Kier molecular flexibility index (Phi) is 5.06. The molecule has 0 bridgehead atoms. The number of anilines is 1. The Morgan fingerprint density at radius 3 is 2.59 bits per heavy atom. The summed E-state index contributed by atoms with van der Waals surface area (Å²) in [6, 6.07) is 10.2. The molecule has 0 radical (unpaired) electrons. The number of aryl methyl sites for hydroxylation is 1. The average molecular weight is 396 g/mol. The molecular weight excluding hydrogens is 376 g/mol. The topological polar surface area (TPSA) is 122 Å². The van der Waals surface area contributed by atoms with Gasteiger partial charge in [0.15, 0.2) is 0 Å². The maximum atomic E-state index is 12.9. The maximum absolute atomic E-state index is 12.9. The van der Waals surface area contributed by atoms with E-state index in [0.29, 0.717) is 5.69 Å². The van der Waals surface area contributed by atoms with E-state index in [1.807, 2.05) is 19.9 Å². The predicted octanol–water partition coefficient (Wildman–Crippen LogP) is 2.62. The minimum atomic E-state index is -1.50. The summed E-state index contributed by atoms with van der Waals surface area (Å²) < 4.78 is 0. The standard InChI is InChI=1S/C20H20N4O5/c1-12-6-4-9-16(13(12)2)21-17(25)11-23-18(26)20(3,22-19(23)27)14-7-5-8-15(10-14)24(28)29/h4-10H,11H2,1-3H3,(H,21,25)(H,22,27). The third-order valence-electron chi connectivity index (χ3n) is 5.09. The number of carbonyl (C=O) groups excluding carboxylic acids is 3. The fourth-order valence-electron chi connectivity index (χ4n) is 3.19. The zero-order valence-corrected chi connectivity index (χ0v) is 16.2. The van der Waals surface area contributed by atoms with E-state index in [0.717, 1.165) is 16.0 Å². The number of nitro groups is 1. The Morgan fingerprint density at radius 1 is 1.21 bits per heavy atom. The van der Waals surface area contributed by atoms with Crippen molar-refractivity contribution in [2.45, 2.75) is 26.3 Å². The van der Waals surface area contributed by atoms with Gasteiger partial charge >= 0.3 is 6.03 Å². The molecule has 1 aliphatic rings. The van der Waals surface area contributed by atoms with E-state index in [2.05, 4.69) is 10.6 Å². The number of carbonyl (C=O) groups is 3. The van der Waals surface area contributed by atoms with Gasteiger partial charge in [0.25, 0.3) is 11.6 Å². The van der Waals surface area contributed by atoms with Crippen molar-refractivity contribution in [2.24, 2.45) is 0 Å². The number of nitrogens with one attached hydrogen (secondary N) is 2. The summed E-state index contributed by atoms with van der Waals surface area (Å²) in [5.74, 6) is -1.18. The lowest BCUT2D eigenvalue weighted by molar-refractivity contribution is -0.385. The Balaban J connectivity index is 1.80. The zero-order chi connectivity index (χ0) is 21.3. The molecule has 0 spiro atoms. The molecule has 0 aliphatic carbocycles. The number of nitro benzene ring substituents is 1. The summed E-state index contributed by atoms with van der Waals surface area (Å²) in [6.07, 6.45) is 0. The van der Waals surface area contributed by atoms with E-state index in [1.165, 1.54) is 31.2 Å². The number of hydrogen-bond donors (Lipinski definition) is 2. The highest BCUT2D eigenvalue weighted by atomic mass is 16.6. The van der Waals surface area contributed by atoms with Crippen LogP contribution in [0.3, 0.4) is 0 Å². The van der Waals surface area contributed by atoms with Crippen molar-refractivity contribution in [1.82, 2.24) is 10.2 Å². The van der Waals surface area contributed by atoms with Gasteiger partial charge in [-0.15, -0.1) is 0 Å². The van der Waals surface area contributed by atoms with Crippen LogP contribution in [0.5, 0.6) is 0 Å². The molecule has 0 saturated carbocycles. The van der Waals surface area contributed by atoms with Crippen LogP contribution in [0.4, 0.5) is 16.2 Å². The third kappa shape index (κ3) is 3.66. The molecule has 1 saturated heterocycles. The predicted molar refractivity (Wildman–Crippen MR) is 105 cm³/mol. The van der Waals surface area contributed by atoms with Gasteiger partial charge in [0.05, 0.1) is 4.92 Å². The molecular formula is C20H20N4O5. The van der Waals surface area contributed by atoms with Gasteiger partial charge in [-0.05, 0) is 43.5 Å². The molecule has 9 nitrogen and oxygen atoms in total. The Morgan fingerprint density at radius 2 is 1.90 bits per heavy atom. The molecule has 4 amide bonds. The second-order valence-electron chi connectivity index (χ2n) is 7.05. The highest BCUT2D eigenvalue weighted by molar-refractivity contribution is 6.10. The first-order valence-electron chi connectivity index (χ1n) is 8.88. The summed E-state index contributed by atoms with van der Waals surface area (Å²) in [4.78, 5) is 49.0. The zero-order valence-electron chi connectivity index (χ0n) is 16.2. The fraction of sp³-hybridized carbons (Fsp3) is 0.250. The number of rotatable bonds is 5. The lowest BCUT2D eigenvalue weighted by Gasteiger charge is -2.22. The van der Waals surface area contributed by atoms with E-state index in [-0.39, 0.29) is 11.3 Å². The van der Waals surface area contributed by atoms with Crippen LogP contribution in [0.1, 0.15) is 23.6 Å². The third-order valence-corrected chi connectivity index (χ3v) is 5.09. The number of benzene rings is 2. The fourth-order valence-corrected chi connectivity index (χ4v) is 3.19. The highest BCUT2D eigenvalue weighted by Gasteiger charge is 2.49. The van der Waals surface area contributed by atoms with Gasteiger partial charge in [0, 0.05) is 17.8 Å². The number of amides is 4. The Bertz CT molecular complexity index is 1040. The van der Waals surface area contributed by atoms with Crippen molar-refractivity contribution >= 4 is 29.2 Å². The van der Waals surface area contributed by atoms with Gasteiger partial charge in [-0.3, -0.25) is 24.6 Å². The van der Waals surface area contributed by atoms with Gasteiger partial charge in [-0.25, -0.2) is 4.79 Å². The van der Waals surface area contributed by atoms with Gasteiger partial charge < -0.3 is 10.6 Å². The molecule has 1 aliphatic heterocycles. The summed E-state index contributed by atoms with van der Waals surface area (Å²) in [7, 11) is 0. The first kappa shape index (κ1) is 20.0. The van der Waals surface area contributed by atoms with Crippen molar-refractivity contribution in [1.29, 1.82) is 0 Å². The summed E-state index contributed by atoms with van der Waals surface area (Å²) in [5.41, 5.74) is 1.06. The van der Waals surface area contributed by atoms with Crippen molar-refractivity contribution < 1.29 is 19.3 Å². The van der Waals surface area contributed by atoms with Crippen LogP contribution in [0.25, 0.3) is 0 Å². The van der Waals surface area contributed by atoms with Crippen LogP contribution in [0.15, 0.2) is 42.5 Å². The second-order valence-corrected chi connectivity index (χ2v) is 7.05. The summed E-state index contributed by atoms with van der Waals surface area (Å²) in [5, 5.41) is 16.3. The normalized spacial score (nSPS) is 18.5.